The standard InChI is InChI=1S/C27H32N2O5/c1-2-7-24(26(31)32)29-25(30)15-17-12-13-18(14-17)28-27(33)34-16-23-21-10-5-3-8-19(21)20-9-4-6-11-22(20)23/h3-6,8-11,17-18,23-24H,2,7,12-16H2,1H3,(H,28,33)(H,29,30)(H,31,32)/t17-,18+,24-/m1/s1. The summed E-state index contributed by atoms with van der Waals surface area (Å²) in [5.41, 5.74) is 4.72. The Morgan fingerprint density at radius 2 is 1.68 bits per heavy atom. The summed E-state index contributed by atoms with van der Waals surface area (Å²) in [5.74, 6) is -1.11. The van der Waals surface area contributed by atoms with Crippen LogP contribution in [0.1, 0.15) is 62.5 Å². The van der Waals surface area contributed by atoms with Crippen molar-refractivity contribution in [2.24, 2.45) is 5.92 Å². The molecule has 1 fully saturated rings. The molecule has 180 valence electrons. The molecule has 0 unspecified atom stereocenters. The number of amides is 2. The molecular weight excluding hydrogens is 432 g/mol. The van der Waals surface area contributed by atoms with Gasteiger partial charge < -0.3 is 20.5 Å². The van der Waals surface area contributed by atoms with Crippen molar-refractivity contribution in [3.63, 3.8) is 0 Å². The van der Waals surface area contributed by atoms with Crippen molar-refractivity contribution in [3.8, 4) is 11.1 Å². The predicted octanol–water partition coefficient (Wildman–Crippen LogP) is 4.45. The van der Waals surface area contributed by atoms with Crippen LogP contribution < -0.4 is 10.6 Å². The number of carbonyl (C=O) groups excluding carboxylic acids is 2. The lowest BCUT2D eigenvalue weighted by Gasteiger charge is -2.17. The zero-order valence-corrected chi connectivity index (χ0v) is 19.5. The Kier molecular flexibility index (Phi) is 7.50. The first kappa shape index (κ1) is 23.8. The number of fused-ring (bicyclic) bond motifs is 3. The Balaban J connectivity index is 1.25. The number of hydrogen-bond acceptors (Lipinski definition) is 4. The molecule has 0 radical (unpaired) electrons. The third-order valence-corrected chi connectivity index (χ3v) is 6.89. The van der Waals surface area contributed by atoms with Crippen LogP contribution in [0.15, 0.2) is 48.5 Å². The molecule has 2 amide bonds. The highest BCUT2D eigenvalue weighted by atomic mass is 16.5. The highest BCUT2D eigenvalue weighted by Crippen LogP contribution is 2.44. The van der Waals surface area contributed by atoms with Crippen LogP contribution in [0.25, 0.3) is 11.1 Å². The highest BCUT2D eigenvalue weighted by Gasteiger charge is 2.31. The Bertz CT molecular complexity index is 1010. The van der Waals surface area contributed by atoms with Crippen molar-refractivity contribution in [2.45, 2.75) is 63.5 Å². The van der Waals surface area contributed by atoms with Crippen LogP contribution in [0.5, 0.6) is 0 Å². The van der Waals surface area contributed by atoms with Gasteiger partial charge in [0.1, 0.15) is 12.6 Å². The van der Waals surface area contributed by atoms with E-state index in [9.17, 15) is 19.5 Å². The van der Waals surface area contributed by atoms with E-state index < -0.39 is 18.1 Å². The molecule has 3 atom stereocenters. The second-order valence-electron chi connectivity index (χ2n) is 9.30. The molecule has 4 rings (SSSR count). The number of aliphatic carboxylic acids is 1. The number of ether oxygens (including phenoxy) is 1. The van der Waals surface area contributed by atoms with Crippen LogP contribution in [-0.2, 0) is 14.3 Å². The van der Waals surface area contributed by atoms with Gasteiger partial charge in [-0.25, -0.2) is 9.59 Å². The third kappa shape index (κ3) is 5.41. The summed E-state index contributed by atoms with van der Waals surface area (Å²) in [4.78, 5) is 36.1. The maximum atomic E-state index is 12.5. The topological polar surface area (TPSA) is 105 Å². The number of rotatable bonds is 9. The molecule has 2 aliphatic carbocycles. The molecule has 0 bridgehead atoms. The molecule has 0 heterocycles. The van der Waals surface area contributed by atoms with Gasteiger partial charge in [-0.05, 0) is 53.9 Å². The maximum absolute atomic E-state index is 12.5. The number of benzene rings is 2. The second kappa shape index (κ2) is 10.7. The minimum atomic E-state index is -1.00. The fraction of sp³-hybridized carbons (Fsp3) is 0.444. The predicted molar refractivity (Wildman–Crippen MR) is 128 cm³/mol. The molecule has 0 aromatic heterocycles. The van der Waals surface area contributed by atoms with Crippen LogP contribution in [-0.4, -0.2) is 41.8 Å². The van der Waals surface area contributed by atoms with E-state index in [4.69, 9.17) is 4.74 Å². The lowest BCUT2D eigenvalue weighted by molar-refractivity contribution is -0.142. The molecule has 2 aromatic carbocycles. The molecule has 2 aliphatic rings. The maximum Gasteiger partial charge on any atom is 0.407 e. The number of carboxylic acid groups (broad SMARTS) is 1. The Morgan fingerprint density at radius 1 is 1.03 bits per heavy atom. The minimum Gasteiger partial charge on any atom is -0.480 e. The van der Waals surface area contributed by atoms with Crippen molar-refractivity contribution >= 4 is 18.0 Å². The van der Waals surface area contributed by atoms with Gasteiger partial charge in [0, 0.05) is 18.4 Å². The lowest BCUT2D eigenvalue weighted by Crippen LogP contribution is -2.41. The summed E-state index contributed by atoms with van der Waals surface area (Å²) in [7, 11) is 0. The van der Waals surface area contributed by atoms with Gasteiger partial charge in [-0.2, -0.15) is 0 Å². The van der Waals surface area contributed by atoms with E-state index in [0.717, 1.165) is 12.8 Å². The van der Waals surface area contributed by atoms with Gasteiger partial charge in [-0.15, -0.1) is 0 Å². The fourth-order valence-corrected chi connectivity index (χ4v) is 5.26. The largest absolute Gasteiger partial charge is 0.480 e. The average molecular weight is 465 g/mol. The summed E-state index contributed by atoms with van der Waals surface area (Å²) in [6.07, 6.45) is 3.21. The molecule has 0 aliphatic heterocycles. The second-order valence-corrected chi connectivity index (χ2v) is 9.30. The Morgan fingerprint density at radius 3 is 2.29 bits per heavy atom. The minimum absolute atomic E-state index is 0.0171. The van der Waals surface area contributed by atoms with E-state index in [1.54, 1.807) is 0 Å². The summed E-state index contributed by atoms with van der Waals surface area (Å²) in [5, 5.41) is 14.8. The summed E-state index contributed by atoms with van der Waals surface area (Å²) in [6.45, 7) is 2.16. The first-order chi connectivity index (χ1) is 16.5. The van der Waals surface area contributed by atoms with Gasteiger partial charge in [-0.3, -0.25) is 4.79 Å². The van der Waals surface area contributed by atoms with Gasteiger partial charge >= 0.3 is 12.1 Å². The normalized spacial score (nSPS) is 19.7. The number of hydrogen-bond donors (Lipinski definition) is 3. The van der Waals surface area contributed by atoms with Crippen molar-refractivity contribution in [1.29, 1.82) is 0 Å². The number of carbonyl (C=O) groups is 3. The van der Waals surface area contributed by atoms with Gasteiger partial charge in [0.2, 0.25) is 5.91 Å². The summed E-state index contributed by atoms with van der Waals surface area (Å²) < 4.78 is 5.63. The zero-order valence-electron chi connectivity index (χ0n) is 19.5. The van der Waals surface area contributed by atoms with Crippen molar-refractivity contribution in [1.82, 2.24) is 10.6 Å². The molecule has 1 saturated carbocycles. The van der Waals surface area contributed by atoms with E-state index in [2.05, 4.69) is 34.9 Å². The van der Waals surface area contributed by atoms with Crippen molar-refractivity contribution < 1.29 is 24.2 Å². The van der Waals surface area contributed by atoms with Gasteiger partial charge in [0.25, 0.3) is 0 Å². The summed E-state index contributed by atoms with van der Waals surface area (Å²) >= 11 is 0. The van der Waals surface area contributed by atoms with E-state index in [-0.39, 0.29) is 36.8 Å². The van der Waals surface area contributed by atoms with Crippen LogP contribution >= 0.6 is 0 Å². The first-order valence-corrected chi connectivity index (χ1v) is 12.1. The van der Waals surface area contributed by atoms with E-state index in [1.165, 1.54) is 22.3 Å². The van der Waals surface area contributed by atoms with Crippen molar-refractivity contribution in [2.75, 3.05) is 6.61 Å². The fourth-order valence-electron chi connectivity index (χ4n) is 5.26. The summed E-state index contributed by atoms with van der Waals surface area (Å²) in [6, 6.07) is 15.6. The van der Waals surface area contributed by atoms with E-state index >= 15 is 0 Å². The Labute approximate surface area is 199 Å². The van der Waals surface area contributed by atoms with Crippen molar-refractivity contribution in [3.05, 3.63) is 59.7 Å². The average Bonchev–Trinajstić information content (AvgIpc) is 3.39. The number of nitrogens with one attached hydrogen (secondary N) is 2. The molecule has 0 spiro atoms. The molecule has 0 saturated heterocycles. The van der Waals surface area contributed by atoms with Crippen LogP contribution in [0.2, 0.25) is 0 Å². The number of carboxylic acids is 1. The molecule has 34 heavy (non-hydrogen) atoms. The van der Waals surface area contributed by atoms with E-state index in [0.29, 0.717) is 19.3 Å². The molecule has 2 aromatic rings. The smallest absolute Gasteiger partial charge is 0.407 e. The van der Waals surface area contributed by atoms with Crippen LogP contribution in [0, 0.1) is 5.92 Å². The van der Waals surface area contributed by atoms with Gasteiger partial charge in [0.05, 0.1) is 0 Å². The van der Waals surface area contributed by atoms with Gasteiger partial charge in [0.15, 0.2) is 0 Å². The highest BCUT2D eigenvalue weighted by molar-refractivity contribution is 5.83. The monoisotopic (exact) mass is 464 g/mol. The quantitative estimate of drug-likeness (QED) is 0.508. The lowest BCUT2D eigenvalue weighted by atomic mass is 9.98. The first-order valence-electron chi connectivity index (χ1n) is 12.1. The van der Waals surface area contributed by atoms with Crippen LogP contribution in [0.3, 0.4) is 0 Å². The van der Waals surface area contributed by atoms with Crippen LogP contribution in [0.4, 0.5) is 4.79 Å². The number of alkyl carbamates (subject to hydrolysis) is 1. The van der Waals surface area contributed by atoms with E-state index in [1.807, 2.05) is 31.2 Å². The molecule has 7 heteroatoms. The SMILES string of the molecule is CCC[C@@H](NC(=O)C[C@@H]1CC[C@H](NC(=O)OCC2c3ccccc3-c3ccccc32)C1)C(=O)O. The molecular formula is C27H32N2O5. The zero-order chi connectivity index (χ0) is 24.1. The third-order valence-electron chi connectivity index (χ3n) is 6.89. The molecule has 7 nitrogen and oxygen atoms in total. The van der Waals surface area contributed by atoms with Gasteiger partial charge in [-0.1, -0.05) is 61.9 Å². The Hall–Kier alpha value is -3.35. The molecule has 3 N–H and O–H groups in total.